The first-order chi connectivity index (χ1) is 8.75. The van der Waals surface area contributed by atoms with Crippen LogP contribution in [0.15, 0.2) is 17.5 Å². The maximum absolute atomic E-state index is 11.8. The fourth-order valence-electron chi connectivity index (χ4n) is 2.38. The molecule has 1 N–H and O–H groups in total. The highest BCUT2D eigenvalue weighted by molar-refractivity contribution is 7.11. The second-order valence-electron chi connectivity index (χ2n) is 5.00. The largest absolute Gasteiger partial charge is 0.350 e. The molecule has 18 heavy (non-hydrogen) atoms. The van der Waals surface area contributed by atoms with Crippen molar-refractivity contribution < 1.29 is 4.79 Å². The van der Waals surface area contributed by atoms with Crippen molar-refractivity contribution >= 4 is 23.3 Å². The molecule has 0 unspecified atom stereocenters. The van der Waals surface area contributed by atoms with Gasteiger partial charge < -0.3 is 5.32 Å². The Morgan fingerprint density at radius 3 is 2.67 bits per heavy atom. The first kappa shape index (κ1) is 13.3. The number of thiophene rings is 1. The van der Waals surface area contributed by atoms with Gasteiger partial charge in [0, 0.05) is 17.0 Å². The SMILES string of the molecule is Cc1ccsc1/C=C/C(=O)NC1CCCCCC1. The number of hydrogen-bond acceptors (Lipinski definition) is 2. The zero-order valence-corrected chi connectivity index (χ0v) is 11.8. The van der Waals surface area contributed by atoms with Crippen LogP contribution >= 0.6 is 11.3 Å². The van der Waals surface area contributed by atoms with Crippen LogP contribution in [-0.4, -0.2) is 11.9 Å². The van der Waals surface area contributed by atoms with Crippen molar-refractivity contribution in [1.29, 1.82) is 0 Å². The minimum absolute atomic E-state index is 0.0506. The number of amides is 1. The molecular formula is C15H21NOS. The van der Waals surface area contributed by atoms with Crippen molar-refractivity contribution in [2.45, 2.75) is 51.5 Å². The number of hydrogen-bond donors (Lipinski definition) is 1. The standard InChI is InChI=1S/C15H21NOS/c1-12-10-11-18-14(12)8-9-15(17)16-13-6-4-2-3-5-7-13/h8-11,13H,2-7H2,1H3,(H,16,17)/b9-8+. The van der Waals surface area contributed by atoms with Gasteiger partial charge in [0.1, 0.15) is 0 Å². The van der Waals surface area contributed by atoms with E-state index < -0.39 is 0 Å². The summed E-state index contributed by atoms with van der Waals surface area (Å²) in [6.07, 6.45) is 11.0. The Labute approximate surface area is 113 Å². The van der Waals surface area contributed by atoms with E-state index in [1.165, 1.54) is 36.1 Å². The Balaban J connectivity index is 1.84. The molecule has 1 amide bonds. The zero-order chi connectivity index (χ0) is 12.8. The average molecular weight is 263 g/mol. The fourth-order valence-corrected chi connectivity index (χ4v) is 3.20. The molecular weight excluding hydrogens is 242 g/mol. The van der Waals surface area contributed by atoms with E-state index in [0.717, 1.165) is 12.8 Å². The second-order valence-corrected chi connectivity index (χ2v) is 5.95. The van der Waals surface area contributed by atoms with Gasteiger partial charge in [-0.1, -0.05) is 25.7 Å². The van der Waals surface area contributed by atoms with E-state index >= 15 is 0 Å². The lowest BCUT2D eigenvalue weighted by atomic mass is 10.1. The van der Waals surface area contributed by atoms with Crippen molar-refractivity contribution in [3.8, 4) is 0 Å². The van der Waals surface area contributed by atoms with Crippen LogP contribution in [0.3, 0.4) is 0 Å². The molecule has 0 saturated heterocycles. The van der Waals surface area contributed by atoms with Gasteiger partial charge in [-0.3, -0.25) is 4.79 Å². The first-order valence-corrected chi connectivity index (χ1v) is 7.66. The summed E-state index contributed by atoms with van der Waals surface area (Å²) >= 11 is 1.67. The molecule has 98 valence electrons. The van der Waals surface area contributed by atoms with Crippen LogP contribution in [0.4, 0.5) is 0 Å². The van der Waals surface area contributed by atoms with E-state index in [-0.39, 0.29) is 5.91 Å². The minimum Gasteiger partial charge on any atom is -0.350 e. The third kappa shape index (κ3) is 3.98. The lowest BCUT2D eigenvalue weighted by molar-refractivity contribution is -0.117. The molecule has 2 rings (SSSR count). The monoisotopic (exact) mass is 263 g/mol. The predicted molar refractivity (Wildman–Crippen MR) is 77.7 cm³/mol. The molecule has 3 heteroatoms. The summed E-state index contributed by atoms with van der Waals surface area (Å²) in [5, 5.41) is 5.17. The summed E-state index contributed by atoms with van der Waals surface area (Å²) in [5.41, 5.74) is 1.23. The maximum Gasteiger partial charge on any atom is 0.244 e. The van der Waals surface area contributed by atoms with Gasteiger partial charge in [-0.25, -0.2) is 0 Å². The Kier molecular flexibility index (Phi) is 5.00. The molecule has 1 heterocycles. The first-order valence-electron chi connectivity index (χ1n) is 6.78. The highest BCUT2D eigenvalue weighted by atomic mass is 32.1. The van der Waals surface area contributed by atoms with Crippen molar-refractivity contribution in [2.24, 2.45) is 0 Å². The number of rotatable bonds is 3. The summed E-state index contributed by atoms with van der Waals surface area (Å²) in [6.45, 7) is 2.07. The van der Waals surface area contributed by atoms with E-state index in [0.29, 0.717) is 6.04 Å². The van der Waals surface area contributed by atoms with Crippen molar-refractivity contribution in [1.82, 2.24) is 5.32 Å². The molecule has 1 fully saturated rings. The molecule has 0 atom stereocenters. The molecule has 0 bridgehead atoms. The highest BCUT2D eigenvalue weighted by Crippen LogP contribution is 2.18. The lowest BCUT2D eigenvalue weighted by Crippen LogP contribution is -2.33. The van der Waals surface area contributed by atoms with E-state index in [2.05, 4.69) is 23.7 Å². The molecule has 0 radical (unpaired) electrons. The molecule has 1 saturated carbocycles. The van der Waals surface area contributed by atoms with Gasteiger partial charge in [0.2, 0.25) is 5.91 Å². The lowest BCUT2D eigenvalue weighted by Gasteiger charge is -2.14. The number of aryl methyl sites for hydroxylation is 1. The number of carbonyl (C=O) groups is 1. The molecule has 1 aromatic heterocycles. The molecule has 0 aliphatic heterocycles. The van der Waals surface area contributed by atoms with Crippen LogP contribution in [0.25, 0.3) is 6.08 Å². The van der Waals surface area contributed by atoms with Gasteiger partial charge in [-0.2, -0.15) is 0 Å². The second kappa shape index (κ2) is 6.74. The quantitative estimate of drug-likeness (QED) is 0.650. The van der Waals surface area contributed by atoms with Crippen LogP contribution in [0.2, 0.25) is 0 Å². The smallest absolute Gasteiger partial charge is 0.244 e. The maximum atomic E-state index is 11.8. The zero-order valence-electron chi connectivity index (χ0n) is 10.9. The van der Waals surface area contributed by atoms with Crippen molar-refractivity contribution in [3.05, 3.63) is 28.0 Å². The summed E-state index contributed by atoms with van der Waals surface area (Å²) in [7, 11) is 0. The summed E-state index contributed by atoms with van der Waals surface area (Å²) in [6, 6.07) is 2.46. The molecule has 1 aliphatic rings. The number of nitrogens with one attached hydrogen (secondary N) is 1. The summed E-state index contributed by atoms with van der Waals surface area (Å²) < 4.78 is 0. The van der Waals surface area contributed by atoms with Gasteiger partial charge in [0.15, 0.2) is 0 Å². The summed E-state index contributed by atoms with van der Waals surface area (Å²) in [5.74, 6) is 0.0506. The fraction of sp³-hybridized carbons (Fsp3) is 0.533. The molecule has 0 spiro atoms. The average Bonchev–Trinajstić information content (AvgIpc) is 2.61. The van der Waals surface area contributed by atoms with Gasteiger partial charge in [0.05, 0.1) is 0 Å². The number of carbonyl (C=O) groups excluding carboxylic acids is 1. The van der Waals surface area contributed by atoms with Crippen LogP contribution in [0, 0.1) is 6.92 Å². The predicted octanol–water partition coefficient (Wildman–Crippen LogP) is 3.91. The minimum atomic E-state index is 0.0506. The van der Waals surface area contributed by atoms with Gasteiger partial charge in [0.25, 0.3) is 0 Å². The van der Waals surface area contributed by atoms with Gasteiger partial charge >= 0.3 is 0 Å². The van der Waals surface area contributed by atoms with E-state index in [1.54, 1.807) is 17.4 Å². The third-order valence-electron chi connectivity index (χ3n) is 3.49. The Morgan fingerprint density at radius 1 is 1.33 bits per heavy atom. The topological polar surface area (TPSA) is 29.1 Å². The Hall–Kier alpha value is -1.09. The van der Waals surface area contributed by atoms with Gasteiger partial charge in [-0.15, -0.1) is 11.3 Å². The molecule has 0 aromatic carbocycles. The molecule has 2 nitrogen and oxygen atoms in total. The molecule has 1 aromatic rings. The van der Waals surface area contributed by atoms with Crippen LogP contribution in [-0.2, 0) is 4.79 Å². The van der Waals surface area contributed by atoms with Crippen LogP contribution < -0.4 is 5.32 Å². The van der Waals surface area contributed by atoms with Crippen molar-refractivity contribution in [3.63, 3.8) is 0 Å². The van der Waals surface area contributed by atoms with Crippen LogP contribution in [0.5, 0.6) is 0 Å². The third-order valence-corrected chi connectivity index (χ3v) is 4.47. The summed E-state index contributed by atoms with van der Waals surface area (Å²) in [4.78, 5) is 13.0. The van der Waals surface area contributed by atoms with Gasteiger partial charge in [-0.05, 0) is 42.9 Å². The van der Waals surface area contributed by atoms with E-state index in [9.17, 15) is 4.79 Å². The molecule has 1 aliphatic carbocycles. The Bertz CT molecular complexity index is 414. The van der Waals surface area contributed by atoms with E-state index in [4.69, 9.17) is 0 Å². The van der Waals surface area contributed by atoms with E-state index in [1.807, 2.05) is 6.08 Å². The Morgan fingerprint density at radius 2 is 2.06 bits per heavy atom. The highest BCUT2D eigenvalue weighted by Gasteiger charge is 2.13. The normalized spacial score (nSPS) is 17.8. The van der Waals surface area contributed by atoms with Crippen LogP contribution in [0.1, 0.15) is 49.0 Å². The van der Waals surface area contributed by atoms with Crippen molar-refractivity contribution in [2.75, 3.05) is 0 Å².